The molecule has 2 heterocycles. The van der Waals surface area contributed by atoms with Gasteiger partial charge in [0.2, 0.25) is 8.32 Å². The van der Waals surface area contributed by atoms with Gasteiger partial charge in [-0.3, -0.25) is 0 Å². The maximum absolute atomic E-state index is 6.53. The molecule has 1 saturated heterocycles. The molecule has 3 aromatic rings. The maximum Gasteiger partial charge on any atom is 0.230 e. The summed E-state index contributed by atoms with van der Waals surface area (Å²) in [4.78, 5) is 7.96. The number of hydrogen-bond donors (Lipinski definition) is 1. The molecule has 2 aromatic carbocycles. The molecule has 0 spiro atoms. The first-order valence-corrected chi connectivity index (χ1v) is 10.5. The van der Waals surface area contributed by atoms with E-state index in [1.807, 2.05) is 24.4 Å². The van der Waals surface area contributed by atoms with Crippen molar-refractivity contribution in [1.82, 2.24) is 9.97 Å². The predicted molar refractivity (Wildman–Crippen MR) is 99.5 cm³/mol. The van der Waals surface area contributed by atoms with Crippen molar-refractivity contribution in [2.75, 3.05) is 0 Å². The van der Waals surface area contributed by atoms with E-state index in [0.29, 0.717) is 11.6 Å². The number of rotatable bonds is 5. The van der Waals surface area contributed by atoms with Gasteiger partial charge in [0.1, 0.15) is 5.82 Å². The Hall–Kier alpha value is -2.17. The Morgan fingerprint density at radius 2 is 1.67 bits per heavy atom. The van der Waals surface area contributed by atoms with Crippen LogP contribution in [0.15, 0.2) is 66.9 Å². The molecule has 0 radical (unpaired) electrons. The molecule has 0 amide bonds. The van der Waals surface area contributed by atoms with Crippen molar-refractivity contribution in [3.05, 3.63) is 72.6 Å². The van der Waals surface area contributed by atoms with E-state index < -0.39 is 8.32 Å². The predicted octanol–water partition coefficient (Wildman–Crippen LogP) is 4.24. The van der Waals surface area contributed by atoms with Crippen molar-refractivity contribution in [1.29, 1.82) is 0 Å². The summed E-state index contributed by atoms with van der Waals surface area (Å²) in [5, 5.41) is 1.70. The van der Waals surface area contributed by atoms with Crippen LogP contribution in [0.3, 0.4) is 0 Å². The Morgan fingerprint density at radius 1 is 1.04 bits per heavy atom. The standard InChI is InChI=1S/C20H22N2OSi/c1-20(2)15-24(20,18-11-7-4-8-12-18)23-14-17-13-21-19(22-17)16-9-5-3-6-10-16/h3-13H,14-15H2,1-2H3,(H,21,22). The molecule has 0 saturated carbocycles. The molecule has 1 atom stereocenters. The minimum absolute atomic E-state index is 0.299. The molecule has 1 aromatic heterocycles. The second kappa shape index (κ2) is 5.72. The van der Waals surface area contributed by atoms with Gasteiger partial charge in [0.05, 0.1) is 12.3 Å². The van der Waals surface area contributed by atoms with Crippen LogP contribution in [-0.4, -0.2) is 18.3 Å². The van der Waals surface area contributed by atoms with Crippen molar-refractivity contribution in [2.45, 2.75) is 31.5 Å². The third kappa shape index (κ3) is 2.62. The fourth-order valence-corrected chi connectivity index (χ4v) is 7.89. The number of H-pyrrole nitrogens is 1. The zero-order chi connectivity index (χ0) is 16.6. The number of benzene rings is 2. The molecule has 0 aliphatic carbocycles. The molecule has 4 rings (SSSR count). The van der Waals surface area contributed by atoms with Gasteiger partial charge < -0.3 is 9.41 Å². The van der Waals surface area contributed by atoms with E-state index in [0.717, 1.165) is 17.1 Å². The van der Waals surface area contributed by atoms with Crippen LogP contribution in [0.2, 0.25) is 11.1 Å². The summed E-state index contributed by atoms with van der Waals surface area (Å²) in [5.74, 6) is 0.902. The summed E-state index contributed by atoms with van der Waals surface area (Å²) < 4.78 is 6.53. The van der Waals surface area contributed by atoms with Gasteiger partial charge in [-0.15, -0.1) is 0 Å². The first-order chi connectivity index (χ1) is 11.6. The number of aromatic nitrogens is 2. The van der Waals surface area contributed by atoms with Gasteiger partial charge in [0.15, 0.2) is 0 Å². The molecule has 0 bridgehead atoms. The van der Waals surface area contributed by atoms with E-state index >= 15 is 0 Å². The molecule has 24 heavy (non-hydrogen) atoms. The average molecular weight is 334 g/mol. The third-order valence-electron chi connectivity index (χ3n) is 5.04. The largest absolute Gasteiger partial charge is 0.406 e. The molecular formula is C20H22N2OSi. The second-order valence-electron chi connectivity index (χ2n) is 7.15. The molecule has 122 valence electrons. The van der Waals surface area contributed by atoms with Crippen molar-refractivity contribution < 1.29 is 4.43 Å². The average Bonchev–Trinajstić information content (AvgIpc) is 2.97. The minimum Gasteiger partial charge on any atom is -0.406 e. The van der Waals surface area contributed by atoms with Gasteiger partial charge in [-0.25, -0.2) is 4.98 Å². The van der Waals surface area contributed by atoms with Crippen LogP contribution in [0.5, 0.6) is 0 Å². The van der Waals surface area contributed by atoms with Crippen LogP contribution in [0.25, 0.3) is 11.4 Å². The lowest BCUT2D eigenvalue weighted by Gasteiger charge is -2.19. The van der Waals surface area contributed by atoms with Crippen molar-refractivity contribution >= 4 is 13.5 Å². The molecule has 3 nitrogen and oxygen atoms in total. The first kappa shape index (κ1) is 15.4. The minimum atomic E-state index is -1.86. The van der Waals surface area contributed by atoms with E-state index in [9.17, 15) is 0 Å². The molecule has 1 fully saturated rings. The molecule has 1 aliphatic heterocycles. The van der Waals surface area contributed by atoms with Gasteiger partial charge in [-0.05, 0) is 16.3 Å². The highest BCUT2D eigenvalue weighted by molar-refractivity contribution is 6.98. The highest BCUT2D eigenvalue weighted by Crippen LogP contribution is 2.61. The molecule has 1 unspecified atom stereocenters. The third-order valence-corrected chi connectivity index (χ3v) is 10.3. The lowest BCUT2D eigenvalue weighted by molar-refractivity contribution is 0.303. The molecule has 1 N–H and O–H groups in total. The van der Waals surface area contributed by atoms with Crippen LogP contribution in [0.4, 0.5) is 0 Å². The van der Waals surface area contributed by atoms with Crippen molar-refractivity contribution in [3.8, 4) is 11.4 Å². The maximum atomic E-state index is 6.53. The van der Waals surface area contributed by atoms with Gasteiger partial charge in [-0.1, -0.05) is 74.5 Å². The lowest BCUT2D eigenvalue weighted by atomic mass is 10.2. The fraction of sp³-hybridized carbons (Fsp3) is 0.250. The van der Waals surface area contributed by atoms with E-state index in [2.05, 4.69) is 61.3 Å². The molecular weight excluding hydrogens is 312 g/mol. The van der Waals surface area contributed by atoms with Crippen LogP contribution in [0.1, 0.15) is 19.5 Å². The van der Waals surface area contributed by atoms with Gasteiger partial charge in [0.25, 0.3) is 0 Å². The number of aromatic amines is 1. The van der Waals surface area contributed by atoms with Crippen LogP contribution >= 0.6 is 0 Å². The molecule has 1 aliphatic rings. The van der Waals surface area contributed by atoms with Crippen LogP contribution < -0.4 is 5.19 Å². The fourth-order valence-electron chi connectivity index (χ4n) is 3.48. The topological polar surface area (TPSA) is 37.9 Å². The normalized spacial score (nSPS) is 21.6. The highest BCUT2D eigenvalue weighted by Gasteiger charge is 2.67. The Morgan fingerprint density at radius 3 is 2.29 bits per heavy atom. The molecule has 4 heteroatoms. The SMILES string of the molecule is CC1(C)C[Si]1(OCc1c[nH]c(-c2ccccc2)n1)c1ccccc1. The van der Waals surface area contributed by atoms with Crippen molar-refractivity contribution in [3.63, 3.8) is 0 Å². The smallest absolute Gasteiger partial charge is 0.230 e. The number of imidazole rings is 1. The zero-order valence-electron chi connectivity index (χ0n) is 14.1. The van der Waals surface area contributed by atoms with Gasteiger partial charge >= 0.3 is 0 Å². The summed E-state index contributed by atoms with van der Waals surface area (Å²) in [6.07, 6.45) is 1.96. The Labute approximate surface area is 143 Å². The van der Waals surface area contributed by atoms with E-state index in [1.54, 1.807) is 0 Å². The highest BCUT2D eigenvalue weighted by atomic mass is 28.4. The lowest BCUT2D eigenvalue weighted by Crippen LogP contribution is -2.39. The Bertz CT molecular complexity index is 829. The van der Waals surface area contributed by atoms with Crippen LogP contribution in [-0.2, 0) is 11.0 Å². The van der Waals surface area contributed by atoms with Gasteiger partial charge in [0, 0.05) is 11.8 Å². The second-order valence-corrected chi connectivity index (χ2v) is 11.4. The summed E-state index contributed by atoms with van der Waals surface area (Å²) in [7, 11) is -1.86. The van der Waals surface area contributed by atoms with E-state index in [4.69, 9.17) is 9.41 Å². The number of nitrogens with zero attached hydrogens (tertiary/aromatic N) is 1. The van der Waals surface area contributed by atoms with Crippen molar-refractivity contribution in [2.24, 2.45) is 0 Å². The summed E-state index contributed by atoms with van der Waals surface area (Å²) in [5.41, 5.74) is 2.07. The quantitative estimate of drug-likeness (QED) is 0.709. The van der Waals surface area contributed by atoms with Crippen LogP contribution in [0, 0.1) is 0 Å². The Balaban J connectivity index is 1.52. The number of hydrogen-bond acceptors (Lipinski definition) is 2. The first-order valence-electron chi connectivity index (χ1n) is 8.40. The summed E-state index contributed by atoms with van der Waals surface area (Å²) >= 11 is 0. The zero-order valence-corrected chi connectivity index (χ0v) is 15.1. The summed E-state index contributed by atoms with van der Waals surface area (Å²) in [6.45, 7) is 5.23. The monoisotopic (exact) mass is 334 g/mol. The number of nitrogens with one attached hydrogen (secondary N) is 1. The van der Waals surface area contributed by atoms with Gasteiger partial charge in [-0.2, -0.15) is 0 Å². The Kier molecular flexibility index (Phi) is 3.66. The van der Waals surface area contributed by atoms with E-state index in [-0.39, 0.29) is 0 Å². The van der Waals surface area contributed by atoms with E-state index in [1.165, 1.54) is 11.2 Å². The summed E-state index contributed by atoms with van der Waals surface area (Å²) in [6, 6.07) is 22.1.